The first-order valence-corrected chi connectivity index (χ1v) is 13.1. The number of hydrogen-bond acceptors (Lipinski definition) is 5. The average molecular weight is 522 g/mol. The Morgan fingerprint density at radius 2 is 1.49 bits per heavy atom. The summed E-state index contributed by atoms with van der Waals surface area (Å²) in [5.74, 6) is 2.36. The second-order valence-corrected chi connectivity index (χ2v) is 9.94. The molecule has 5 aromatic rings. The SMILES string of the molecule is S=C1N[C@H](c2ccccn2)[C@H](c2ccc(Sc3ccccc3)o2)N1c1ccc(Oc2ccccc2)cc1. The molecule has 2 aromatic heterocycles. The molecule has 0 spiro atoms. The van der Waals surface area contributed by atoms with Gasteiger partial charge in [0.05, 0.1) is 11.7 Å². The fraction of sp³-hybridized carbons (Fsp3) is 0.0667. The van der Waals surface area contributed by atoms with E-state index in [1.165, 1.54) is 0 Å². The Hall–Kier alpha value is -4.07. The van der Waals surface area contributed by atoms with E-state index in [-0.39, 0.29) is 12.1 Å². The Balaban J connectivity index is 1.32. The first-order valence-electron chi connectivity index (χ1n) is 11.9. The van der Waals surface area contributed by atoms with Gasteiger partial charge in [-0.2, -0.15) is 0 Å². The second kappa shape index (κ2) is 10.5. The second-order valence-electron chi connectivity index (χ2n) is 8.48. The van der Waals surface area contributed by atoms with Crippen LogP contribution >= 0.6 is 24.0 Å². The summed E-state index contributed by atoms with van der Waals surface area (Å²) in [6.07, 6.45) is 1.80. The summed E-state index contributed by atoms with van der Waals surface area (Å²) in [5, 5.41) is 4.92. The lowest BCUT2D eigenvalue weighted by molar-refractivity contribution is 0.383. The summed E-state index contributed by atoms with van der Waals surface area (Å²) in [4.78, 5) is 7.83. The summed E-state index contributed by atoms with van der Waals surface area (Å²) in [5.41, 5.74) is 1.84. The van der Waals surface area contributed by atoms with Crippen LogP contribution in [0.4, 0.5) is 5.69 Å². The highest BCUT2D eigenvalue weighted by Crippen LogP contribution is 2.43. The molecule has 0 bridgehead atoms. The van der Waals surface area contributed by atoms with E-state index >= 15 is 0 Å². The summed E-state index contributed by atoms with van der Waals surface area (Å²) >= 11 is 7.43. The number of rotatable bonds is 7. The number of hydrogen-bond donors (Lipinski definition) is 1. The van der Waals surface area contributed by atoms with Crippen molar-refractivity contribution in [3.63, 3.8) is 0 Å². The Labute approximate surface area is 225 Å². The largest absolute Gasteiger partial charge is 0.457 e. The van der Waals surface area contributed by atoms with Crippen molar-refractivity contribution in [3.05, 3.63) is 133 Å². The Kier molecular flexibility index (Phi) is 6.62. The van der Waals surface area contributed by atoms with E-state index in [9.17, 15) is 0 Å². The molecule has 0 saturated carbocycles. The van der Waals surface area contributed by atoms with Gasteiger partial charge in [0.25, 0.3) is 0 Å². The molecule has 5 nitrogen and oxygen atoms in total. The molecule has 0 amide bonds. The molecule has 0 radical (unpaired) electrons. The highest BCUT2D eigenvalue weighted by Gasteiger charge is 2.42. The maximum Gasteiger partial charge on any atom is 0.174 e. The van der Waals surface area contributed by atoms with Gasteiger partial charge in [-0.15, -0.1) is 0 Å². The molecular formula is C30H23N3O2S2. The van der Waals surface area contributed by atoms with Gasteiger partial charge in [0.2, 0.25) is 0 Å². The molecule has 1 fully saturated rings. The van der Waals surface area contributed by atoms with Gasteiger partial charge in [0.1, 0.15) is 23.3 Å². The number of nitrogens with zero attached hydrogens (tertiary/aromatic N) is 2. The molecule has 7 heteroatoms. The van der Waals surface area contributed by atoms with Crippen molar-refractivity contribution in [2.75, 3.05) is 4.90 Å². The molecule has 1 aliphatic rings. The van der Waals surface area contributed by atoms with Crippen LogP contribution in [-0.4, -0.2) is 10.1 Å². The number of pyridine rings is 1. The molecule has 0 unspecified atom stereocenters. The number of nitrogens with one attached hydrogen (secondary N) is 1. The zero-order valence-corrected chi connectivity index (χ0v) is 21.4. The summed E-state index contributed by atoms with van der Waals surface area (Å²) < 4.78 is 12.4. The van der Waals surface area contributed by atoms with Crippen molar-refractivity contribution in [1.82, 2.24) is 10.3 Å². The van der Waals surface area contributed by atoms with Gasteiger partial charge in [0.15, 0.2) is 10.2 Å². The minimum atomic E-state index is -0.214. The minimum absolute atomic E-state index is 0.172. The number of ether oxygens (including phenoxy) is 1. The van der Waals surface area contributed by atoms with Gasteiger partial charge in [-0.25, -0.2) is 0 Å². The number of benzene rings is 3. The maximum absolute atomic E-state index is 6.40. The summed E-state index contributed by atoms with van der Waals surface area (Å²) in [6, 6.07) is 37.4. The topological polar surface area (TPSA) is 50.5 Å². The van der Waals surface area contributed by atoms with Gasteiger partial charge >= 0.3 is 0 Å². The highest BCUT2D eigenvalue weighted by atomic mass is 32.2. The maximum atomic E-state index is 6.40. The van der Waals surface area contributed by atoms with Crippen LogP contribution in [0.3, 0.4) is 0 Å². The van der Waals surface area contributed by atoms with Gasteiger partial charge in [-0.1, -0.05) is 54.2 Å². The van der Waals surface area contributed by atoms with E-state index in [2.05, 4.69) is 27.3 Å². The molecule has 6 rings (SSSR count). The lowest BCUT2D eigenvalue weighted by Crippen LogP contribution is -2.29. The van der Waals surface area contributed by atoms with E-state index in [0.717, 1.165) is 38.6 Å². The van der Waals surface area contributed by atoms with Crippen LogP contribution in [0.2, 0.25) is 0 Å². The Morgan fingerprint density at radius 3 is 2.22 bits per heavy atom. The van der Waals surface area contributed by atoms with E-state index in [0.29, 0.717) is 5.11 Å². The third-order valence-electron chi connectivity index (χ3n) is 6.05. The number of furan rings is 1. The van der Waals surface area contributed by atoms with Crippen molar-refractivity contribution >= 4 is 34.8 Å². The minimum Gasteiger partial charge on any atom is -0.457 e. The number of anilines is 1. The predicted octanol–water partition coefficient (Wildman–Crippen LogP) is 7.80. The Morgan fingerprint density at radius 1 is 0.784 bits per heavy atom. The first kappa shape index (κ1) is 23.3. The van der Waals surface area contributed by atoms with Crippen LogP contribution in [0, 0.1) is 0 Å². The van der Waals surface area contributed by atoms with Crippen LogP contribution in [0.5, 0.6) is 11.5 Å². The fourth-order valence-corrected chi connectivity index (χ4v) is 5.52. The molecule has 1 saturated heterocycles. The van der Waals surface area contributed by atoms with E-state index < -0.39 is 0 Å². The van der Waals surface area contributed by atoms with E-state index in [1.54, 1.807) is 18.0 Å². The molecule has 1 aliphatic heterocycles. The monoisotopic (exact) mass is 521 g/mol. The van der Waals surface area contributed by atoms with Gasteiger partial charge in [-0.05, 0) is 85.0 Å². The molecular weight excluding hydrogens is 498 g/mol. The van der Waals surface area contributed by atoms with Gasteiger partial charge < -0.3 is 19.4 Å². The molecule has 3 aromatic carbocycles. The quantitative estimate of drug-likeness (QED) is 0.219. The van der Waals surface area contributed by atoms with Crippen LogP contribution in [0.25, 0.3) is 0 Å². The van der Waals surface area contributed by atoms with Crippen molar-refractivity contribution < 1.29 is 9.15 Å². The van der Waals surface area contributed by atoms with Crippen LogP contribution in [0.15, 0.2) is 136 Å². The molecule has 1 N–H and O–H groups in total. The highest BCUT2D eigenvalue weighted by molar-refractivity contribution is 7.99. The molecule has 0 aliphatic carbocycles. The fourth-order valence-electron chi connectivity index (χ4n) is 4.37. The van der Waals surface area contributed by atoms with Crippen LogP contribution < -0.4 is 15.0 Å². The predicted molar refractivity (Wildman–Crippen MR) is 150 cm³/mol. The molecule has 2 atom stereocenters. The lowest BCUT2D eigenvalue weighted by Gasteiger charge is -2.26. The first-order chi connectivity index (χ1) is 18.2. The average Bonchev–Trinajstić information content (AvgIpc) is 3.54. The Bertz CT molecular complexity index is 1480. The summed E-state index contributed by atoms with van der Waals surface area (Å²) in [7, 11) is 0. The number of aromatic nitrogens is 1. The number of para-hydroxylation sites is 1. The normalized spacial score (nSPS) is 17.0. The molecule has 182 valence electrons. The zero-order chi connectivity index (χ0) is 25.0. The van der Waals surface area contributed by atoms with E-state index in [4.69, 9.17) is 21.4 Å². The van der Waals surface area contributed by atoms with Crippen molar-refractivity contribution in [1.29, 1.82) is 0 Å². The van der Waals surface area contributed by atoms with Crippen molar-refractivity contribution in [2.24, 2.45) is 0 Å². The standard InChI is InChI=1S/C30H23N3O2S2/c36-30-32-28(25-13-7-8-20-31-25)29(26-18-19-27(35-26)37-24-11-5-2-6-12-24)33(30)21-14-16-23(17-15-21)34-22-9-3-1-4-10-22/h1-20,28-29H,(H,32,36)/t28-,29+/m1/s1. The van der Waals surface area contributed by atoms with Gasteiger partial charge in [0, 0.05) is 16.8 Å². The third kappa shape index (κ3) is 5.09. The van der Waals surface area contributed by atoms with Gasteiger partial charge in [-0.3, -0.25) is 4.98 Å². The lowest BCUT2D eigenvalue weighted by atomic mass is 10.0. The van der Waals surface area contributed by atoms with Crippen molar-refractivity contribution in [2.45, 2.75) is 22.1 Å². The summed E-state index contributed by atoms with van der Waals surface area (Å²) in [6.45, 7) is 0. The van der Waals surface area contributed by atoms with Crippen LogP contribution in [0.1, 0.15) is 23.5 Å². The van der Waals surface area contributed by atoms with E-state index in [1.807, 2.05) is 103 Å². The number of thiocarbonyl (C=S) groups is 1. The zero-order valence-electron chi connectivity index (χ0n) is 19.7. The van der Waals surface area contributed by atoms with Crippen LogP contribution in [-0.2, 0) is 0 Å². The smallest absolute Gasteiger partial charge is 0.174 e. The molecule has 3 heterocycles. The third-order valence-corrected chi connectivity index (χ3v) is 7.29. The molecule has 37 heavy (non-hydrogen) atoms. The van der Waals surface area contributed by atoms with Crippen molar-refractivity contribution in [3.8, 4) is 11.5 Å².